The molecule has 1 aliphatic rings. The third-order valence-electron chi connectivity index (χ3n) is 3.14. The summed E-state index contributed by atoms with van der Waals surface area (Å²) in [5.74, 6) is 0.762. The standard InChI is InChI=1S/C13H19ClN2/c1-16-7-3-4-11(10-16)9-15-13-6-2-5-12(14)8-13/h2,5-6,8,11,15H,3-4,7,9-10H2,1H3. The van der Waals surface area contributed by atoms with Crippen molar-refractivity contribution in [2.24, 2.45) is 5.92 Å². The van der Waals surface area contributed by atoms with E-state index in [1.807, 2.05) is 18.2 Å². The van der Waals surface area contributed by atoms with Crippen molar-refractivity contribution in [2.45, 2.75) is 12.8 Å². The molecule has 1 aromatic rings. The quantitative estimate of drug-likeness (QED) is 0.871. The highest BCUT2D eigenvalue weighted by Gasteiger charge is 2.16. The maximum absolute atomic E-state index is 5.94. The molecule has 1 aliphatic heterocycles. The lowest BCUT2D eigenvalue weighted by atomic mass is 9.98. The largest absolute Gasteiger partial charge is 0.385 e. The molecule has 1 heterocycles. The van der Waals surface area contributed by atoms with Crippen molar-refractivity contribution < 1.29 is 0 Å². The third-order valence-corrected chi connectivity index (χ3v) is 3.38. The van der Waals surface area contributed by atoms with Crippen LogP contribution in [0.2, 0.25) is 5.02 Å². The topological polar surface area (TPSA) is 15.3 Å². The first-order chi connectivity index (χ1) is 7.74. The second-order valence-electron chi connectivity index (χ2n) is 4.66. The van der Waals surface area contributed by atoms with Crippen molar-refractivity contribution in [1.82, 2.24) is 4.90 Å². The second kappa shape index (κ2) is 5.55. The summed E-state index contributed by atoms with van der Waals surface area (Å²) in [5.41, 5.74) is 1.13. The second-order valence-corrected chi connectivity index (χ2v) is 5.10. The first-order valence-corrected chi connectivity index (χ1v) is 6.30. The van der Waals surface area contributed by atoms with Crippen LogP contribution in [0.15, 0.2) is 24.3 Å². The predicted octanol–water partition coefficient (Wildman–Crippen LogP) is 3.09. The molecule has 3 heteroatoms. The maximum Gasteiger partial charge on any atom is 0.0426 e. The van der Waals surface area contributed by atoms with E-state index < -0.39 is 0 Å². The zero-order valence-corrected chi connectivity index (χ0v) is 10.5. The van der Waals surface area contributed by atoms with Crippen LogP contribution < -0.4 is 5.32 Å². The molecule has 0 saturated carbocycles. The molecule has 2 nitrogen and oxygen atoms in total. The number of anilines is 1. The molecule has 2 rings (SSSR count). The van der Waals surface area contributed by atoms with Crippen LogP contribution in [0.3, 0.4) is 0 Å². The van der Waals surface area contributed by atoms with E-state index in [1.165, 1.54) is 25.9 Å². The van der Waals surface area contributed by atoms with Crippen LogP contribution in [0.25, 0.3) is 0 Å². The Kier molecular flexibility index (Phi) is 4.08. The van der Waals surface area contributed by atoms with Crippen molar-refractivity contribution in [3.63, 3.8) is 0 Å². The summed E-state index contributed by atoms with van der Waals surface area (Å²) >= 11 is 5.94. The van der Waals surface area contributed by atoms with E-state index in [9.17, 15) is 0 Å². The van der Waals surface area contributed by atoms with Gasteiger partial charge in [-0.2, -0.15) is 0 Å². The molecular weight excluding hydrogens is 220 g/mol. The molecule has 0 aliphatic carbocycles. The minimum Gasteiger partial charge on any atom is -0.385 e. The van der Waals surface area contributed by atoms with Gasteiger partial charge in [0.2, 0.25) is 0 Å². The van der Waals surface area contributed by atoms with E-state index in [4.69, 9.17) is 11.6 Å². The van der Waals surface area contributed by atoms with Crippen LogP contribution in [0.1, 0.15) is 12.8 Å². The number of likely N-dealkylation sites (tertiary alicyclic amines) is 1. The van der Waals surface area contributed by atoms with Crippen LogP contribution in [0.5, 0.6) is 0 Å². The molecule has 16 heavy (non-hydrogen) atoms. The van der Waals surface area contributed by atoms with Gasteiger partial charge in [0.15, 0.2) is 0 Å². The zero-order valence-electron chi connectivity index (χ0n) is 9.75. The van der Waals surface area contributed by atoms with Crippen LogP contribution >= 0.6 is 11.6 Å². The molecule has 1 aromatic carbocycles. The van der Waals surface area contributed by atoms with E-state index in [2.05, 4.69) is 23.3 Å². The summed E-state index contributed by atoms with van der Waals surface area (Å²) in [6.07, 6.45) is 2.65. The molecule has 1 saturated heterocycles. The Balaban J connectivity index is 1.82. The highest BCUT2D eigenvalue weighted by molar-refractivity contribution is 6.30. The van der Waals surface area contributed by atoms with Crippen molar-refractivity contribution >= 4 is 17.3 Å². The summed E-state index contributed by atoms with van der Waals surface area (Å²) in [4.78, 5) is 2.41. The number of hydrogen-bond donors (Lipinski definition) is 1. The SMILES string of the molecule is CN1CCCC(CNc2cccc(Cl)c2)C1. The molecule has 88 valence electrons. The molecular formula is C13H19ClN2. The summed E-state index contributed by atoms with van der Waals surface area (Å²) in [6.45, 7) is 3.49. The first-order valence-electron chi connectivity index (χ1n) is 5.92. The molecule has 0 radical (unpaired) electrons. The van der Waals surface area contributed by atoms with Crippen LogP contribution in [-0.2, 0) is 0 Å². The van der Waals surface area contributed by atoms with Crippen molar-refractivity contribution in [2.75, 3.05) is 32.0 Å². The van der Waals surface area contributed by atoms with E-state index in [0.29, 0.717) is 0 Å². The fourth-order valence-electron chi connectivity index (χ4n) is 2.30. The summed E-state index contributed by atoms with van der Waals surface area (Å²) < 4.78 is 0. The first kappa shape index (κ1) is 11.7. The minimum atomic E-state index is 0.762. The highest BCUT2D eigenvalue weighted by atomic mass is 35.5. The normalized spacial score (nSPS) is 22.0. The van der Waals surface area contributed by atoms with Gasteiger partial charge in [0.1, 0.15) is 0 Å². The minimum absolute atomic E-state index is 0.762. The Labute approximate surface area is 103 Å². The molecule has 1 N–H and O–H groups in total. The lowest BCUT2D eigenvalue weighted by Gasteiger charge is -2.29. The van der Waals surface area contributed by atoms with E-state index in [1.54, 1.807) is 0 Å². The van der Waals surface area contributed by atoms with Gasteiger partial charge in [0, 0.05) is 23.8 Å². The van der Waals surface area contributed by atoms with E-state index in [-0.39, 0.29) is 0 Å². The Morgan fingerprint density at radius 2 is 2.38 bits per heavy atom. The van der Waals surface area contributed by atoms with Crippen LogP contribution in [-0.4, -0.2) is 31.6 Å². The zero-order chi connectivity index (χ0) is 11.4. The number of nitrogens with zero attached hydrogens (tertiary/aromatic N) is 1. The van der Waals surface area contributed by atoms with E-state index in [0.717, 1.165) is 23.2 Å². The predicted molar refractivity (Wildman–Crippen MR) is 70.2 cm³/mol. The number of nitrogens with one attached hydrogen (secondary N) is 1. The van der Waals surface area contributed by atoms with Gasteiger partial charge in [0.25, 0.3) is 0 Å². The van der Waals surface area contributed by atoms with Crippen molar-refractivity contribution in [3.05, 3.63) is 29.3 Å². The van der Waals surface area contributed by atoms with Gasteiger partial charge in [0.05, 0.1) is 0 Å². The summed E-state index contributed by atoms with van der Waals surface area (Å²) in [6, 6.07) is 7.94. The van der Waals surface area contributed by atoms with Gasteiger partial charge < -0.3 is 10.2 Å². The van der Waals surface area contributed by atoms with Gasteiger partial charge in [-0.1, -0.05) is 17.7 Å². The third kappa shape index (κ3) is 3.39. The van der Waals surface area contributed by atoms with Crippen LogP contribution in [0, 0.1) is 5.92 Å². The van der Waals surface area contributed by atoms with Crippen molar-refractivity contribution in [3.8, 4) is 0 Å². The van der Waals surface area contributed by atoms with Gasteiger partial charge in [-0.25, -0.2) is 0 Å². The molecule has 1 fully saturated rings. The van der Waals surface area contributed by atoms with Gasteiger partial charge in [-0.15, -0.1) is 0 Å². The smallest absolute Gasteiger partial charge is 0.0426 e. The number of benzene rings is 1. The monoisotopic (exact) mass is 238 g/mol. The molecule has 1 unspecified atom stereocenters. The molecule has 1 atom stereocenters. The average molecular weight is 239 g/mol. The number of rotatable bonds is 3. The fourth-order valence-corrected chi connectivity index (χ4v) is 2.49. The van der Waals surface area contributed by atoms with E-state index >= 15 is 0 Å². The maximum atomic E-state index is 5.94. The lowest BCUT2D eigenvalue weighted by Crippen LogP contribution is -2.35. The molecule has 0 spiro atoms. The number of piperidine rings is 1. The van der Waals surface area contributed by atoms with Crippen molar-refractivity contribution in [1.29, 1.82) is 0 Å². The lowest BCUT2D eigenvalue weighted by molar-refractivity contribution is 0.217. The van der Waals surface area contributed by atoms with Gasteiger partial charge in [-0.05, 0) is 50.6 Å². The molecule has 0 aromatic heterocycles. The van der Waals surface area contributed by atoms with Gasteiger partial charge in [-0.3, -0.25) is 0 Å². The Morgan fingerprint density at radius 1 is 1.50 bits per heavy atom. The highest BCUT2D eigenvalue weighted by Crippen LogP contribution is 2.18. The number of hydrogen-bond acceptors (Lipinski definition) is 2. The van der Waals surface area contributed by atoms with Gasteiger partial charge >= 0.3 is 0 Å². The Morgan fingerprint density at radius 3 is 3.12 bits per heavy atom. The average Bonchev–Trinajstić information content (AvgIpc) is 2.27. The van der Waals surface area contributed by atoms with Crippen LogP contribution in [0.4, 0.5) is 5.69 Å². The molecule has 0 bridgehead atoms. The fraction of sp³-hybridized carbons (Fsp3) is 0.538. The molecule has 0 amide bonds. The summed E-state index contributed by atoms with van der Waals surface area (Å²) in [5, 5.41) is 4.26. The Hall–Kier alpha value is -0.730. The Bertz CT molecular complexity index is 340. The summed E-state index contributed by atoms with van der Waals surface area (Å²) in [7, 11) is 2.20. The number of halogens is 1.